The second-order valence-electron chi connectivity index (χ2n) is 2.75. The molecule has 0 bridgehead atoms. The summed E-state index contributed by atoms with van der Waals surface area (Å²) < 4.78 is 24.4. The summed E-state index contributed by atoms with van der Waals surface area (Å²) in [6.45, 7) is 3.43. The van der Waals surface area contributed by atoms with Crippen molar-refractivity contribution in [3.05, 3.63) is 0 Å². The quantitative estimate of drug-likeness (QED) is 0.670. The monoisotopic (exact) mass is 186 g/mol. The van der Waals surface area contributed by atoms with Gasteiger partial charge in [-0.2, -0.15) is 8.78 Å². The maximum absolute atomic E-state index is 12.2. The molecule has 0 radical (unpaired) electrons. The Balaban J connectivity index is 3.91. The fourth-order valence-corrected chi connectivity index (χ4v) is 1.15. The zero-order chi connectivity index (χ0) is 9.07. The van der Waals surface area contributed by atoms with Gasteiger partial charge in [-0.3, -0.25) is 0 Å². The standard InChI is InChI=1S/C7H13ClF2O/c1-3-4-5(2)6(11)7(8,9)10/h5-6,11H,3-4H2,1-2H3. The smallest absolute Gasteiger partial charge is 0.347 e. The van der Waals surface area contributed by atoms with Crippen molar-refractivity contribution in [3.63, 3.8) is 0 Å². The van der Waals surface area contributed by atoms with E-state index in [9.17, 15) is 8.78 Å². The molecule has 0 rings (SSSR count). The molecule has 11 heavy (non-hydrogen) atoms. The lowest BCUT2D eigenvalue weighted by atomic mass is 10.00. The van der Waals surface area contributed by atoms with Crippen molar-refractivity contribution in [1.82, 2.24) is 0 Å². The summed E-state index contributed by atoms with van der Waals surface area (Å²) in [5.41, 5.74) is 0. The lowest BCUT2D eigenvalue weighted by molar-refractivity contribution is -0.0685. The summed E-state index contributed by atoms with van der Waals surface area (Å²) in [7, 11) is 0. The van der Waals surface area contributed by atoms with Crippen molar-refractivity contribution in [2.24, 2.45) is 5.92 Å². The van der Waals surface area contributed by atoms with Crippen LogP contribution in [0.25, 0.3) is 0 Å². The molecule has 2 atom stereocenters. The Morgan fingerprint density at radius 3 is 2.27 bits per heavy atom. The minimum atomic E-state index is -3.49. The molecule has 0 saturated heterocycles. The van der Waals surface area contributed by atoms with Crippen LogP contribution in [0, 0.1) is 5.92 Å². The van der Waals surface area contributed by atoms with Crippen LogP contribution in [0.5, 0.6) is 0 Å². The summed E-state index contributed by atoms with van der Waals surface area (Å²) in [6.07, 6.45) is -0.404. The van der Waals surface area contributed by atoms with Gasteiger partial charge in [0.2, 0.25) is 0 Å². The van der Waals surface area contributed by atoms with E-state index < -0.39 is 17.4 Å². The van der Waals surface area contributed by atoms with Gasteiger partial charge in [0.1, 0.15) is 6.10 Å². The summed E-state index contributed by atoms with van der Waals surface area (Å²) in [4.78, 5) is 0. The summed E-state index contributed by atoms with van der Waals surface area (Å²) >= 11 is 4.63. The third-order valence-electron chi connectivity index (χ3n) is 1.62. The second-order valence-corrected chi connectivity index (χ2v) is 3.26. The first-order valence-corrected chi connectivity index (χ1v) is 4.02. The highest BCUT2D eigenvalue weighted by Gasteiger charge is 2.38. The Morgan fingerprint density at radius 1 is 1.55 bits per heavy atom. The zero-order valence-electron chi connectivity index (χ0n) is 6.65. The van der Waals surface area contributed by atoms with E-state index in [0.717, 1.165) is 6.42 Å². The molecule has 0 heterocycles. The maximum atomic E-state index is 12.2. The lowest BCUT2D eigenvalue weighted by Crippen LogP contribution is -2.33. The summed E-state index contributed by atoms with van der Waals surface area (Å²) in [5.74, 6) is -0.451. The predicted molar refractivity (Wildman–Crippen MR) is 40.9 cm³/mol. The van der Waals surface area contributed by atoms with Crippen LogP contribution in [0.3, 0.4) is 0 Å². The van der Waals surface area contributed by atoms with Gasteiger partial charge < -0.3 is 5.11 Å². The Labute approximate surface area is 70.4 Å². The number of halogens is 3. The van der Waals surface area contributed by atoms with Gasteiger partial charge in [0.25, 0.3) is 0 Å². The van der Waals surface area contributed by atoms with E-state index in [0.29, 0.717) is 6.42 Å². The van der Waals surface area contributed by atoms with Crippen LogP contribution >= 0.6 is 11.6 Å². The summed E-state index contributed by atoms with van der Waals surface area (Å²) in [5, 5.41) is 5.41. The molecule has 68 valence electrons. The van der Waals surface area contributed by atoms with Crippen molar-refractivity contribution >= 4 is 11.6 Å². The van der Waals surface area contributed by atoms with Gasteiger partial charge in [-0.25, -0.2) is 0 Å². The van der Waals surface area contributed by atoms with E-state index in [4.69, 9.17) is 5.11 Å². The molecule has 0 amide bonds. The number of aliphatic hydroxyl groups excluding tert-OH is 1. The Bertz CT molecular complexity index is 113. The highest BCUT2D eigenvalue weighted by Crippen LogP contribution is 2.29. The van der Waals surface area contributed by atoms with Gasteiger partial charge >= 0.3 is 5.38 Å². The van der Waals surface area contributed by atoms with Gasteiger partial charge in [0, 0.05) is 0 Å². The molecular weight excluding hydrogens is 174 g/mol. The molecule has 1 N–H and O–H groups in total. The first-order chi connectivity index (χ1) is 4.89. The molecule has 2 unspecified atom stereocenters. The third-order valence-corrected chi connectivity index (χ3v) is 1.84. The highest BCUT2D eigenvalue weighted by molar-refractivity contribution is 6.22. The fraction of sp³-hybridized carbons (Fsp3) is 1.00. The van der Waals surface area contributed by atoms with Crippen LogP contribution in [0.1, 0.15) is 26.7 Å². The molecule has 1 nitrogen and oxygen atoms in total. The van der Waals surface area contributed by atoms with Crippen molar-refractivity contribution in [2.75, 3.05) is 0 Å². The fourth-order valence-electron chi connectivity index (χ4n) is 0.936. The number of alkyl halides is 3. The first kappa shape index (κ1) is 11.1. The minimum Gasteiger partial charge on any atom is -0.385 e. The van der Waals surface area contributed by atoms with E-state index in [1.807, 2.05) is 6.92 Å². The van der Waals surface area contributed by atoms with Crippen molar-refractivity contribution < 1.29 is 13.9 Å². The Hall–Kier alpha value is 0.110. The minimum absolute atomic E-state index is 0.451. The largest absolute Gasteiger partial charge is 0.385 e. The van der Waals surface area contributed by atoms with Crippen molar-refractivity contribution in [3.8, 4) is 0 Å². The molecule has 0 aliphatic rings. The van der Waals surface area contributed by atoms with Crippen LogP contribution in [0.15, 0.2) is 0 Å². The van der Waals surface area contributed by atoms with Crippen LogP contribution in [0.4, 0.5) is 8.78 Å². The van der Waals surface area contributed by atoms with Crippen LogP contribution < -0.4 is 0 Å². The van der Waals surface area contributed by atoms with Gasteiger partial charge in [-0.05, 0) is 23.9 Å². The topological polar surface area (TPSA) is 20.2 Å². The number of rotatable bonds is 4. The number of aliphatic hydroxyl groups is 1. The molecule has 0 saturated carbocycles. The molecule has 0 aliphatic carbocycles. The molecule has 0 fully saturated rings. The van der Waals surface area contributed by atoms with Gasteiger partial charge in [0.05, 0.1) is 0 Å². The van der Waals surface area contributed by atoms with Crippen LogP contribution in [-0.2, 0) is 0 Å². The average Bonchev–Trinajstić information content (AvgIpc) is 1.85. The van der Waals surface area contributed by atoms with Crippen molar-refractivity contribution in [2.45, 2.75) is 38.2 Å². The molecule has 0 aromatic rings. The molecule has 0 spiro atoms. The van der Waals surface area contributed by atoms with E-state index in [1.54, 1.807) is 6.92 Å². The third kappa shape index (κ3) is 3.87. The van der Waals surface area contributed by atoms with E-state index in [1.165, 1.54) is 0 Å². The van der Waals surface area contributed by atoms with Crippen molar-refractivity contribution in [1.29, 1.82) is 0 Å². The average molecular weight is 187 g/mol. The maximum Gasteiger partial charge on any atom is 0.347 e. The normalized spacial score (nSPS) is 18.0. The number of hydrogen-bond donors (Lipinski definition) is 1. The van der Waals surface area contributed by atoms with Gasteiger partial charge in [0.15, 0.2) is 0 Å². The predicted octanol–water partition coefficient (Wildman–Crippen LogP) is 2.62. The van der Waals surface area contributed by atoms with E-state index >= 15 is 0 Å². The molecule has 0 aromatic heterocycles. The Morgan fingerprint density at radius 2 is 2.00 bits per heavy atom. The summed E-state index contributed by atoms with van der Waals surface area (Å²) in [6, 6.07) is 0. The van der Waals surface area contributed by atoms with Crippen LogP contribution in [0.2, 0.25) is 0 Å². The molecule has 0 aliphatic heterocycles. The highest BCUT2D eigenvalue weighted by atomic mass is 35.5. The molecular formula is C7H13ClF2O. The Kier molecular flexibility index (Phi) is 4.26. The van der Waals surface area contributed by atoms with Gasteiger partial charge in [-0.1, -0.05) is 20.3 Å². The van der Waals surface area contributed by atoms with E-state index in [2.05, 4.69) is 11.6 Å². The first-order valence-electron chi connectivity index (χ1n) is 3.64. The van der Waals surface area contributed by atoms with Gasteiger partial charge in [-0.15, -0.1) is 0 Å². The lowest BCUT2D eigenvalue weighted by Gasteiger charge is -2.21. The number of hydrogen-bond acceptors (Lipinski definition) is 1. The molecule has 4 heteroatoms. The SMILES string of the molecule is CCCC(C)C(O)C(F)(F)Cl. The van der Waals surface area contributed by atoms with Crippen LogP contribution in [-0.4, -0.2) is 16.6 Å². The van der Waals surface area contributed by atoms with E-state index in [-0.39, 0.29) is 0 Å². The molecule has 0 aromatic carbocycles. The zero-order valence-corrected chi connectivity index (χ0v) is 7.41. The second kappa shape index (κ2) is 4.21.